The van der Waals surface area contributed by atoms with Gasteiger partial charge in [-0.05, 0) is 35.2 Å². The molecule has 0 radical (unpaired) electrons. The standard InChI is InChI=1S/C24H25N7O/c1-3-5-11-22-27-31(16-6-4-2)24(32)30(22)17-18-12-14-19(15-13-18)20-9-7-8-10-21(20)23-25-28-29-26-23/h7-10,12-15H,4,6,11,16-17H2,1-2H3,(H,25,26,28,29). The van der Waals surface area contributed by atoms with E-state index in [4.69, 9.17) is 0 Å². The van der Waals surface area contributed by atoms with Crippen LogP contribution < -0.4 is 5.69 Å². The fourth-order valence-corrected chi connectivity index (χ4v) is 3.57. The van der Waals surface area contributed by atoms with Gasteiger partial charge in [0.15, 0.2) is 0 Å². The van der Waals surface area contributed by atoms with Gasteiger partial charge in [0, 0.05) is 12.1 Å². The first kappa shape index (κ1) is 21.2. The minimum atomic E-state index is -0.0853. The topological polar surface area (TPSA) is 94.3 Å². The van der Waals surface area contributed by atoms with Gasteiger partial charge in [0.1, 0.15) is 5.82 Å². The highest BCUT2D eigenvalue weighted by Crippen LogP contribution is 2.29. The van der Waals surface area contributed by atoms with Gasteiger partial charge in [0.2, 0.25) is 5.82 Å². The number of hydrogen-bond acceptors (Lipinski definition) is 5. The van der Waals surface area contributed by atoms with E-state index in [1.165, 1.54) is 0 Å². The van der Waals surface area contributed by atoms with Gasteiger partial charge in [-0.2, -0.15) is 10.3 Å². The average Bonchev–Trinajstić information content (AvgIpc) is 3.46. The molecule has 0 fully saturated rings. The lowest BCUT2D eigenvalue weighted by molar-refractivity contribution is 0.545. The van der Waals surface area contributed by atoms with Gasteiger partial charge in [-0.1, -0.05) is 67.8 Å². The van der Waals surface area contributed by atoms with Crippen molar-refractivity contribution in [3.63, 3.8) is 0 Å². The number of H-pyrrole nitrogens is 1. The predicted octanol–water partition coefficient (Wildman–Crippen LogP) is 3.31. The Hall–Kier alpha value is -3.99. The van der Waals surface area contributed by atoms with Gasteiger partial charge in [0.25, 0.3) is 0 Å². The van der Waals surface area contributed by atoms with Gasteiger partial charge in [-0.25, -0.2) is 9.48 Å². The average molecular weight is 428 g/mol. The Morgan fingerprint density at radius 3 is 2.53 bits per heavy atom. The summed E-state index contributed by atoms with van der Waals surface area (Å²) < 4.78 is 3.29. The van der Waals surface area contributed by atoms with Gasteiger partial charge >= 0.3 is 5.69 Å². The summed E-state index contributed by atoms with van der Waals surface area (Å²) in [5.41, 5.74) is 3.90. The van der Waals surface area contributed by atoms with Crippen molar-refractivity contribution in [2.75, 3.05) is 0 Å². The summed E-state index contributed by atoms with van der Waals surface area (Å²) >= 11 is 0. The molecule has 0 saturated heterocycles. The van der Waals surface area contributed by atoms with Crippen LogP contribution in [0.5, 0.6) is 0 Å². The van der Waals surface area contributed by atoms with Crippen molar-refractivity contribution in [2.45, 2.75) is 46.2 Å². The summed E-state index contributed by atoms with van der Waals surface area (Å²) in [6, 6.07) is 16.1. The number of aromatic amines is 1. The largest absolute Gasteiger partial charge is 0.346 e. The first-order valence-corrected chi connectivity index (χ1v) is 10.7. The maximum atomic E-state index is 12.9. The third-order valence-corrected chi connectivity index (χ3v) is 5.27. The van der Waals surface area contributed by atoms with Gasteiger partial charge in [-0.15, -0.1) is 16.1 Å². The molecule has 0 aliphatic heterocycles. The Bertz CT molecular complexity index is 1290. The molecule has 0 aliphatic carbocycles. The molecule has 2 aromatic carbocycles. The van der Waals surface area contributed by atoms with Crippen molar-refractivity contribution in [3.8, 4) is 34.4 Å². The Kier molecular flexibility index (Phi) is 6.56. The van der Waals surface area contributed by atoms with Crippen LogP contribution in [0.2, 0.25) is 0 Å². The van der Waals surface area contributed by atoms with Crippen molar-refractivity contribution in [3.05, 3.63) is 70.4 Å². The fourth-order valence-electron chi connectivity index (χ4n) is 3.57. The van der Waals surface area contributed by atoms with E-state index in [1.807, 2.05) is 48.5 Å². The lowest BCUT2D eigenvalue weighted by atomic mass is 9.98. The summed E-state index contributed by atoms with van der Waals surface area (Å²) in [6.07, 6.45) is 2.39. The molecular formula is C24H25N7O. The quantitative estimate of drug-likeness (QED) is 0.436. The lowest BCUT2D eigenvalue weighted by Gasteiger charge is -2.09. The number of aromatic nitrogens is 7. The lowest BCUT2D eigenvalue weighted by Crippen LogP contribution is -2.26. The molecule has 4 aromatic rings. The van der Waals surface area contributed by atoms with Crippen molar-refractivity contribution in [1.29, 1.82) is 0 Å². The molecule has 32 heavy (non-hydrogen) atoms. The molecule has 162 valence electrons. The second-order valence-electron chi connectivity index (χ2n) is 7.44. The third-order valence-electron chi connectivity index (χ3n) is 5.27. The normalized spacial score (nSPS) is 10.7. The third kappa shape index (κ3) is 4.52. The van der Waals surface area contributed by atoms with E-state index in [0.29, 0.717) is 31.2 Å². The van der Waals surface area contributed by atoms with E-state index in [9.17, 15) is 4.79 Å². The van der Waals surface area contributed by atoms with Crippen LogP contribution in [0.1, 0.15) is 38.1 Å². The number of nitrogens with one attached hydrogen (secondary N) is 1. The molecule has 1 N–H and O–H groups in total. The monoisotopic (exact) mass is 427 g/mol. The van der Waals surface area contributed by atoms with E-state index in [2.05, 4.69) is 44.5 Å². The van der Waals surface area contributed by atoms with Crippen LogP contribution in [-0.4, -0.2) is 35.0 Å². The molecule has 0 bridgehead atoms. The van der Waals surface area contributed by atoms with Crippen LogP contribution in [-0.2, 0) is 19.5 Å². The van der Waals surface area contributed by atoms with E-state index in [1.54, 1.807) is 16.2 Å². The second-order valence-corrected chi connectivity index (χ2v) is 7.44. The Morgan fingerprint density at radius 2 is 1.84 bits per heavy atom. The number of benzene rings is 2. The molecule has 0 aliphatic rings. The highest BCUT2D eigenvalue weighted by Gasteiger charge is 2.14. The summed E-state index contributed by atoms with van der Waals surface area (Å²) in [5, 5.41) is 18.9. The molecule has 2 aromatic heterocycles. The molecule has 8 heteroatoms. The molecule has 0 spiro atoms. The molecule has 0 amide bonds. The highest BCUT2D eigenvalue weighted by molar-refractivity contribution is 5.80. The van der Waals surface area contributed by atoms with E-state index >= 15 is 0 Å². The fraction of sp³-hybridized carbons (Fsp3) is 0.292. The molecule has 2 heterocycles. The summed E-state index contributed by atoms with van der Waals surface area (Å²) in [7, 11) is 0. The van der Waals surface area contributed by atoms with Gasteiger partial charge in [-0.3, -0.25) is 4.57 Å². The zero-order chi connectivity index (χ0) is 22.3. The predicted molar refractivity (Wildman–Crippen MR) is 123 cm³/mol. The maximum absolute atomic E-state index is 12.9. The smallest absolute Gasteiger partial charge is 0.274 e. The van der Waals surface area contributed by atoms with E-state index in [0.717, 1.165) is 35.1 Å². The first-order valence-electron chi connectivity index (χ1n) is 10.7. The van der Waals surface area contributed by atoms with Crippen molar-refractivity contribution in [1.82, 2.24) is 35.0 Å². The van der Waals surface area contributed by atoms with Crippen LogP contribution >= 0.6 is 0 Å². The number of hydrogen-bond donors (Lipinski definition) is 1. The second kappa shape index (κ2) is 9.88. The van der Waals surface area contributed by atoms with Crippen LogP contribution in [0.25, 0.3) is 22.5 Å². The number of unbranched alkanes of at least 4 members (excludes halogenated alkanes) is 1. The molecule has 0 atom stereocenters. The molecule has 8 nitrogen and oxygen atoms in total. The summed E-state index contributed by atoms with van der Waals surface area (Å²) in [5.74, 6) is 7.18. The summed E-state index contributed by atoms with van der Waals surface area (Å²) in [4.78, 5) is 12.9. The Morgan fingerprint density at radius 1 is 1.06 bits per heavy atom. The Balaban J connectivity index is 1.62. The number of aryl methyl sites for hydroxylation is 1. The molecule has 4 rings (SSSR count). The minimum absolute atomic E-state index is 0.0853. The zero-order valence-electron chi connectivity index (χ0n) is 18.2. The van der Waals surface area contributed by atoms with Crippen molar-refractivity contribution in [2.24, 2.45) is 0 Å². The molecule has 0 saturated carbocycles. The molecule has 0 unspecified atom stereocenters. The van der Waals surface area contributed by atoms with Gasteiger partial charge in [0.05, 0.1) is 13.0 Å². The number of rotatable bonds is 8. The van der Waals surface area contributed by atoms with Crippen molar-refractivity contribution < 1.29 is 0 Å². The van der Waals surface area contributed by atoms with E-state index in [-0.39, 0.29) is 5.69 Å². The first-order chi connectivity index (χ1) is 15.7. The van der Waals surface area contributed by atoms with Crippen LogP contribution in [0, 0.1) is 11.8 Å². The molecular weight excluding hydrogens is 402 g/mol. The van der Waals surface area contributed by atoms with Crippen molar-refractivity contribution >= 4 is 0 Å². The number of tetrazole rings is 1. The highest BCUT2D eigenvalue weighted by atomic mass is 16.2. The zero-order valence-corrected chi connectivity index (χ0v) is 18.2. The van der Waals surface area contributed by atoms with E-state index < -0.39 is 0 Å². The maximum Gasteiger partial charge on any atom is 0.346 e. The SMILES string of the molecule is CC#CCc1nn(CCCC)c(=O)n1Cc1ccc(-c2ccccc2-c2nn[nH]n2)cc1. The van der Waals surface area contributed by atoms with Crippen LogP contribution in [0.4, 0.5) is 0 Å². The summed E-state index contributed by atoms with van der Waals surface area (Å²) in [6.45, 7) is 4.98. The van der Waals surface area contributed by atoms with Crippen LogP contribution in [0.15, 0.2) is 53.3 Å². The van der Waals surface area contributed by atoms with Crippen LogP contribution in [0.3, 0.4) is 0 Å². The van der Waals surface area contributed by atoms with Gasteiger partial charge < -0.3 is 0 Å². The number of nitrogens with zero attached hydrogens (tertiary/aromatic N) is 6. The minimum Gasteiger partial charge on any atom is -0.274 e. The Labute approximate surface area is 186 Å².